The van der Waals surface area contributed by atoms with Crippen LogP contribution in [0.3, 0.4) is 0 Å². The van der Waals surface area contributed by atoms with E-state index in [9.17, 15) is 5.11 Å². The molecule has 2 aliphatic rings. The minimum Gasteiger partial charge on any atom is -0.485 e. The van der Waals surface area contributed by atoms with Crippen molar-refractivity contribution in [3.63, 3.8) is 0 Å². The van der Waals surface area contributed by atoms with Crippen molar-refractivity contribution in [3.05, 3.63) is 29.9 Å². The fourth-order valence-electron chi connectivity index (χ4n) is 3.29. The summed E-state index contributed by atoms with van der Waals surface area (Å²) in [7, 11) is 0. The Bertz CT molecular complexity index is 995. The average Bonchev–Trinajstić information content (AvgIpc) is 3.35. The van der Waals surface area contributed by atoms with E-state index < -0.39 is 0 Å². The molecule has 5 rings (SSSR count). The number of aliphatic hydroxyl groups is 1. The molecule has 0 amide bonds. The zero-order valence-corrected chi connectivity index (χ0v) is 17.0. The van der Waals surface area contributed by atoms with E-state index in [-0.39, 0.29) is 12.6 Å². The summed E-state index contributed by atoms with van der Waals surface area (Å²) in [5.41, 5.74) is 1.06. The monoisotopic (exact) mass is 418 g/mol. The summed E-state index contributed by atoms with van der Waals surface area (Å²) in [6.45, 7) is 4.27. The van der Waals surface area contributed by atoms with E-state index in [2.05, 4.69) is 0 Å². The number of aliphatic hydroxyl groups excluding tert-OH is 1. The maximum atomic E-state index is 9.36. The van der Waals surface area contributed by atoms with E-state index in [1.54, 1.807) is 22.7 Å². The molecule has 1 atom stereocenters. The van der Waals surface area contributed by atoms with Crippen molar-refractivity contribution in [2.75, 3.05) is 33.0 Å². The molecule has 28 heavy (non-hydrogen) atoms. The molecule has 0 saturated carbocycles. The molecule has 3 aromatic rings. The van der Waals surface area contributed by atoms with Crippen molar-refractivity contribution in [1.29, 1.82) is 0 Å². The van der Waals surface area contributed by atoms with Crippen LogP contribution in [-0.2, 0) is 0 Å². The van der Waals surface area contributed by atoms with Crippen LogP contribution in [0.1, 0.15) is 13.0 Å². The van der Waals surface area contributed by atoms with Crippen molar-refractivity contribution in [2.24, 2.45) is 0 Å². The van der Waals surface area contributed by atoms with Crippen molar-refractivity contribution >= 4 is 22.7 Å². The Morgan fingerprint density at radius 1 is 0.929 bits per heavy atom. The summed E-state index contributed by atoms with van der Waals surface area (Å²) in [5, 5.41) is 11.3. The van der Waals surface area contributed by atoms with Gasteiger partial charge in [-0.15, -0.1) is 22.7 Å². The quantitative estimate of drug-likeness (QED) is 0.657. The topological polar surface area (TPSA) is 61.0 Å². The summed E-state index contributed by atoms with van der Waals surface area (Å²) in [6.07, 6.45) is 3.96. The van der Waals surface area contributed by atoms with Crippen molar-refractivity contribution in [2.45, 2.75) is 13.0 Å². The summed E-state index contributed by atoms with van der Waals surface area (Å²) in [5.74, 6) is 3.16. The number of aromatic nitrogens is 1. The van der Waals surface area contributed by atoms with Gasteiger partial charge in [0.2, 0.25) is 0 Å². The van der Waals surface area contributed by atoms with Crippen LogP contribution in [0.4, 0.5) is 0 Å². The normalized spacial score (nSPS) is 16.1. The van der Waals surface area contributed by atoms with Crippen molar-refractivity contribution in [1.82, 2.24) is 0 Å². The number of fused-ring (bicyclic) bond motifs is 2. The van der Waals surface area contributed by atoms with Gasteiger partial charge in [0.05, 0.1) is 14.6 Å². The van der Waals surface area contributed by atoms with Crippen molar-refractivity contribution in [3.8, 4) is 43.2 Å². The Morgan fingerprint density at radius 2 is 1.57 bits per heavy atom. The van der Waals surface area contributed by atoms with E-state index in [1.165, 1.54) is 0 Å². The molecule has 8 heteroatoms. The van der Waals surface area contributed by atoms with Gasteiger partial charge < -0.3 is 24.1 Å². The highest BCUT2D eigenvalue weighted by atomic mass is 32.1. The average molecular weight is 419 g/mol. The number of rotatable bonds is 4. The first-order valence-electron chi connectivity index (χ1n) is 9.18. The van der Waals surface area contributed by atoms with E-state index in [1.807, 2.05) is 41.4 Å². The largest absolute Gasteiger partial charge is 0.485 e. The third-order valence-corrected chi connectivity index (χ3v) is 7.10. The predicted octanol–water partition coefficient (Wildman–Crippen LogP) is 3.53. The zero-order chi connectivity index (χ0) is 19.1. The lowest BCUT2D eigenvalue weighted by Crippen LogP contribution is -2.38. The van der Waals surface area contributed by atoms with Crippen LogP contribution >= 0.6 is 22.7 Å². The number of hydrogen-bond acceptors (Lipinski definition) is 7. The second-order valence-corrected chi connectivity index (χ2v) is 8.54. The number of nitrogens with zero attached hydrogens (tertiary/aromatic N) is 1. The highest BCUT2D eigenvalue weighted by Gasteiger charge is 2.31. The first kappa shape index (κ1) is 17.8. The molecule has 0 spiro atoms. The standard InChI is InChI=1S/C20H20NO5S2/c1-12(10-22)21-4-2-13(3-5-21)18-16-17(26-9-8-25-16)20(28-18)19-15-14(11-27-19)23-6-7-24-15/h2-5,11-12,22H,6-10H2,1H3/q+1. The van der Waals surface area contributed by atoms with E-state index in [4.69, 9.17) is 18.9 Å². The van der Waals surface area contributed by atoms with Gasteiger partial charge in [0, 0.05) is 30.0 Å². The number of ether oxygens (including phenoxy) is 4. The molecule has 146 valence electrons. The molecule has 2 aliphatic heterocycles. The molecule has 0 bridgehead atoms. The molecule has 0 radical (unpaired) electrons. The zero-order valence-electron chi connectivity index (χ0n) is 15.3. The SMILES string of the molecule is CC(CO)[n+]1ccc(-c2sc(-c3scc4c3OCCO4)c3c2OCCO3)cc1. The van der Waals surface area contributed by atoms with Gasteiger partial charge in [0.15, 0.2) is 41.4 Å². The van der Waals surface area contributed by atoms with Gasteiger partial charge in [0.25, 0.3) is 0 Å². The molecule has 0 fully saturated rings. The molecule has 5 heterocycles. The molecular formula is C20H20NO5S2+. The highest BCUT2D eigenvalue weighted by molar-refractivity contribution is 7.24. The third-order valence-electron chi connectivity index (χ3n) is 4.79. The lowest BCUT2D eigenvalue weighted by molar-refractivity contribution is -0.721. The number of thiophene rings is 2. The fraction of sp³-hybridized carbons (Fsp3) is 0.350. The molecule has 3 aromatic heterocycles. The van der Waals surface area contributed by atoms with Gasteiger partial charge in [0.1, 0.15) is 33.0 Å². The lowest BCUT2D eigenvalue weighted by atomic mass is 10.2. The van der Waals surface area contributed by atoms with Crippen LogP contribution in [0.25, 0.3) is 20.2 Å². The summed E-state index contributed by atoms with van der Waals surface area (Å²) in [4.78, 5) is 3.07. The number of pyridine rings is 1. The first-order chi connectivity index (χ1) is 13.8. The second kappa shape index (κ2) is 7.27. The third kappa shape index (κ3) is 2.92. The van der Waals surface area contributed by atoms with E-state index >= 15 is 0 Å². The number of hydrogen-bond donors (Lipinski definition) is 1. The lowest BCUT2D eigenvalue weighted by Gasteiger charge is -2.18. The molecule has 0 aromatic carbocycles. The maximum absolute atomic E-state index is 9.36. The van der Waals surface area contributed by atoms with Gasteiger partial charge >= 0.3 is 0 Å². The summed E-state index contributed by atoms with van der Waals surface area (Å²) in [6, 6.07) is 4.13. The van der Waals surface area contributed by atoms with Gasteiger partial charge in [-0.25, -0.2) is 4.57 Å². The summed E-state index contributed by atoms with van der Waals surface area (Å²) < 4.78 is 25.6. The highest BCUT2D eigenvalue weighted by Crippen LogP contribution is 2.58. The molecule has 6 nitrogen and oxygen atoms in total. The predicted molar refractivity (Wildman–Crippen MR) is 107 cm³/mol. The molecule has 1 N–H and O–H groups in total. The Kier molecular flexibility index (Phi) is 4.62. The smallest absolute Gasteiger partial charge is 0.181 e. The second-order valence-electron chi connectivity index (χ2n) is 6.64. The van der Waals surface area contributed by atoms with Crippen LogP contribution in [0, 0.1) is 0 Å². The van der Waals surface area contributed by atoms with Gasteiger partial charge in [-0.2, -0.15) is 0 Å². The van der Waals surface area contributed by atoms with Crippen LogP contribution in [-0.4, -0.2) is 38.1 Å². The summed E-state index contributed by atoms with van der Waals surface area (Å²) >= 11 is 3.25. The van der Waals surface area contributed by atoms with Crippen LogP contribution in [0.15, 0.2) is 29.9 Å². The van der Waals surface area contributed by atoms with Crippen LogP contribution in [0.2, 0.25) is 0 Å². The van der Waals surface area contributed by atoms with E-state index in [0.29, 0.717) is 26.4 Å². The minimum atomic E-state index is 0.0382. The first-order valence-corrected chi connectivity index (χ1v) is 10.9. The Labute approximate surface area is 170 Å². The molecule has 0 aliphatic carbocycles. The Balaban J connectivity index is 1.59. The van der Waals surface area contributed by atoms with Gasteiger partial charge in [-0.3, -0.25) is 0 Å². The molecule has 0 saturated heterocycles. The van der Waals surface area contributed by atoms with Gasteiger partial charge in [-0.05, 0) is 0 Å². The molecule has 1 unspecified atom stereocenters. The molecular weight excluding hydrogens is 398 g/mol. The van der Waals surface area contributed by atoms with Crippen LogP contribution < -0.4 is 23.5 Å². The maximum Gasteiger partial charge on any atom is 0.181 e. The Hall–Kier alpha value is -2.29. The fourth-order valence-corrected chi connectivity index (χ4v) is 5.55. The van der Waals surface area contributed by atoms with Gasteiger partial charge in [-0.1, -0.05) is 0 Å². The van der Waals surface area contributed by atoms with Crippen molar-refractivity contribution < 1.29 is 28.6 Å². The Morgan fingerprint density at radius 3 is 2.29 bits per heavy atom. The minimum absolute atomic E-state index is 0.0382. The van der Waals surface area contributed by atoms with E-state index in [0.717, 1.165) is 43.2 Å². The van der Waals surface area contributed by atoms with Crippen LogP contribution in [0.5, 0.6) is 23.0 Å².